The van der Waals surface area contributed by atoms with Gasteiger partial charge in [-0.2, -0.15) is 0 Å². The number of carbonyl (C=O) groups is 3. The average Bonchev–Trinajstić information content (AvgIpc) is 2.83. The van der Waals surface area contributed by atoms with Gasteiger partial charge in [-0.25, -0.2) is 14.1 Å². The summed E-state index contributed by atoms with van der Waals surface area (Å²) in [5.41, 5.74) is 0.523. The third-order valence-corrected chi connectivity index (χ3v) is 6.53. The van der Waals surface area contributed by atoms with Gasteiger partial charge >= 0.3 is 6.03 Å². The standard InChI is InChI=1S/C25H16Cl2FIN2O5/c1-35-21-10-13(9-19(29)22(21)36-12-14-6-7-15(26)11-17(14)27)8-16-23(32)30-25(34)31(24(16)33)20-5-3-2-4-18(20)28/h2-11H,12H2,1H3,(H,30,32,34)/b16-8-. The van der Waals surface area contributed by atoms with Crippen molar-refractivity contribution < 1.29 is 28.2 Å². The Hall–Kier alpha value is -3.15. The molecular weight excluding hydrogens is 625 g/mol. The fourth-order valence-corrected chi connectivity index (χ4v) is 4.67. The van der Waals surface area contributed by atoms with E-state index in [0.29, 0.717) is 41.1 Å². The van der Waals surface area contributed by atoms with E-state index in [1.165, 1.54) is 31.4 Å². The van der Waals surface area contributed by atoms with Crippen molar-refractivity contribution in [2.24, 2.45) is 0 Å². The third kappa shape index (κ3) is 5.32. The molecule has 4 amide bonds. The first-order valence-electron chi connectivity index (χ1n) is 10.3. The molecule has 0 aromatic heterocycles. The molecule has 1 saturated heterocycles. The van der Waals surface area contributed by atoms with Gasteiger partial charge in [0, 0.05) is 15.6 Å². The summed E-state index contributed by atoms with van der Waals surface area (Å²) in [5, 5.41) is 3.03. The molecule has 1 aliphatic rings. The number of imide groups is 2. The molecule has 1 heterocycles. The smallest absolute Gasteiger partial charge is 0.336 e. The van der Waals surface area contributed by atoms with Crippen LogP contribution in [-0.2, 0) is 16.2 Å². The second-order valence-corrected chi connectivity index (χ2v) is 9.47. The molecule has 7 nitrogen and oxygen atoms in total. The number of amides is 4. The molecule has 36 heavy (non-hydrogen) atoms. The predicted molar refractivity (Wildman–Crippen MR) is 142 cm³/mol. The lowest BCUT2D eigenvalue weighted by Gasteiger charge is -2.26. The van der Waals surface area contributed by atoms with E-state index < -0.39 is 23.7 Å². The maximum atomic E-state index is 14.3. The fourth-order valence-electron chi connectivity index (χ4n) is 3.43. The molecule has 184 valence electrons. The molecule has 1 N–H and O–H groups in total. The van der Waals surface area contributed by atoms with Crippen molar-refractivity contribution in [3.05, 3.63) is 90.7 Å². The minimum Gasteiger partial charge on any atom is -0.493 e. The zero-order valence-corrected chi connectivity index (χ0v) is 22.2. The van der Waals surface area contributed by atoms with Crippen LogP contribution in [0.5, 0.6) is 11.5 Å². The summed E-state index contributed by atoms with van der Waals surface area (Å²) >= 11 is 14.2. The normalized spacial score (nSPS) is 14.8. The highest BCUT2D eigenvalue weighted by molar-refractivity contribution is 14.1. The lowest BCUT2D eigenvalue weighted by atomic mass is 10.1. The molecule has 0 unspecified atom stereocenters. The zero-order chi connectivity index (χ0) is 26.0. The molecule has 3 aromatic rings. The van der Waals surface area contributed by atoms with Crippen molar-refractivity contribution in [2.75, 3.05) is 12.0 Å². The van der Waals surface area contributed by atoms with Gasteiger partial charge in [-0.05, 0) is 70.6 Å². The van der Waals surface area contributed by atoms with Crippen molar-refractivity contribution in [1.29, 1.82) is 0 Å². The van der Waals surface area contributed by atoms with E-state index in [1.807, 2.05) is 22.6 Å². The molecule has 3 aromatic carbocycles. The van der Waals surface area contributed by atoms with Gasteiger partial charge in [0.15, 0.2) is 11.5 Å². The first-order chi connectivity index (χ1) is 17.2. The van der Waals surface area contributed by atoms with E-state index in [2.05, 4.69) is 5.32 Å². The highest BCUT2D eigenvalue weighted by atomic mass is 127. The van der Waals surface area contributed by atoms with Gasteiger partial charge in [-0.15, -0.1) is 0 Å². The summed E-state index contributed by atoms with van der Waals surface area (Å²) in [5.74, 6) is -1.88. The number of carbonyl (C=O) groups excluding carboxylic acids is 3. The molecule has 1 fully saturated rings. The van der Waals surface area contributed by atoms with Crippen LogP contribution >= 0.6 is 45.8 Å². The highest BCUT2D eigenvalue weighted by Gasteiger charge is 2.38. The van der Waals surface area contributed by atoms with E-state index in [-0.39, 0.29) is 17.9 Å². The number of benzene rings is 3. The van der Waals surface area contributed by atoms with Gasteiger partial charge in [-0.3, -0.25) is 14.9 Å². The first kappa shape index (κ1) is 25.9. The largest absolute Gasteiger partial charge is 0.493 e. The number of methoxy groups -OCH3 is 1. The minimum atomic E-state index is -1.04. The number of para-hydroxylation sites is 1. The number of barbiturate groups is 1. The van der Waals surface area contributed by atoms with Crippen molar-refractivity contribution in [2.45, 2.75) is 6.61 Å². The summed E-state index contributed by atoms with van der Waals surface area (Å²) in [6, 6.07) is 12.5. The van der Waals surface area contributed by atoms with Gasteiger partial charge in [0.25, 0.3) is 11.8 Å². The molecular formula is C25H16Cl2FIN2O5. The summed E-state index contributed by atoms with van der Waals surface area (Å²) < 4.78 is 26.3. The maximum absolute atomic E-state index is 14.3. The first-order valence-corrected chi connectivity index (χ1v) is 12.1. The lowest BCUT2D eigenvalue weighted by molar-refractivity contribution is -0.122. The van der Waals surface area contributed by atoms with Crippen molar-refractivity contribution in [1.82, 2.24) is 5.32 Å². The van der Waals surface area contributed by atoms with E-state index in [0.717, 1.165) is 6.07 Å². The fraction of sp³-hybridized carbons (Fsp3) is 0.0800. The van der Waals surface area contributed by atoms with E-state index in [4.69, 9.17) is 32.7 Å². The Bertz CT molecular complexity index is 1430. The van der Waals surface area contributed by atoms with Gasteiger partial charge in [-0.1, -0.05) is 41.4 Å². The Balaban J connectivity index is 1.65. The molecule has 4 rings (SSSR count). The van der Waals surface area contributed by atoms with Gasteiger partial charge in [0.05, 0.1) is 16.4 Å². The van der Waals surface area contributed by atoms with Crippen LogP contribution in [0.15, 0.2) is 60.2 Å². The summed E-state index contributed by atoms with van der Waals surface area (Å²) in [4.78, 5) is 38.4. The van der Waals surface area contributed by atoms with Crippen LogP contribution in [0.1, 0.15) is 11.1 Å². The third-order valence-electron chi connectivity index (χ3n) is 5.14. The van der Waals surface area contributed by atoms with Crippen molar-refractivity contribution >= 4 is 75.4 Å². The van der Waals surface area contributed by atoms with Gasteiger partial charge in [0.1, 0.15) is 18.0 Å². The van der Waals surface area contributed by atoms with Crippen LogP contribution in [0.2, 0.25) is 10.0 Å². The van der Waals surface area contributed by atoms with Crippen LogP contribution in [0, 0.1) is 9.39 Å². The summed E-state index contributed by atoms with van der Waals surface area (Å²) in [7, 11) is 1.45. The van der Waals surface area contributed by atoms with Crippen LogP contribution in [0.25, 0.3) is 6.08 Å². The lowest BCUT2D eigenvalue weighted by Crippen LogP contribution is -2.54. The Kier molecular flexibility index (Phi) is 7.82. The van der Waals surface area contributed by atoms with E-state index >= 15 is 0 Å². The number of halogens is 4. The summed E-state index contributed by atoms with van der Waals surface area (Å²) in [6.45, 7) is 0.142. The van der Waals surface area contributed by atoms with Crippen LogP contribution in [0.3, 0.4) is 0 Å². The number of urea groups is 1. The Morgan fingerprint density at radius 1 is 1.08 bits per heavy atom. The monoisotopic (exact) mass is 640 g/mol. The number of anilines is 1. The number of hydrogen-bond acceptors (Lipinski definition) is 5. The molecule has 0 spiro atoms. The molecule has 0 bridgehead atoms. The average molecular weight is 641 g/mol. The maximum Gasteiger partial charge on any atom is 0.336 e. The van der Waals surface area contributed by atoms with Gasteiger partial charge < -0.3 is 9.47 Å². The van der Waals surface area contributed by atoms with Crippen LogP contribution < -0.4 is 19.7 Å². The van der Waals surface area contributed by atoms with Crippen molar-refractivity contribution in [3.8, 4) is 11.5 Å². The molecule has 0 aliphatic carbocycles. The van der Waals surface area contributed by atoms with E-state index in [1.54, 1.807) is 30.3 Å². The number of rotatable bonds is 6. The Morgan fingerprint density at radius 3 is 2.53 bits per heavy atom. The topological polar surface area (TPSA) is 84.9 Å². The van der Waals surface area contributed by atoms with Gasteiger partial charge in [0.2, 0.25) is 0 Å². The molecule has 11 heteroatoms. The Labute approximate surface area is 228 Å². The molecule has 1 aliphatic heterocycles. The second-order valence-electron chi connectivity index (χ2n) is 7.47. The quantitative estimate of drug-likeness (QED) is 0.203. The van der Waals surface area contributed by atoms with Crippen molar-refractivity contribution in [3.63, 3.8) is 0 Å². The van der Waals surface area contributed by atoms with Crippen LogP contribution in [-0.4, -0.2) is 25.0 Å². The number of nitrogens with one attached hydrogen (secondary N) is 1. The molecule has 0 atom stereocenters. The zero-order valence-electron chi connectivity index (χ0n) is 18.5. The second kappa shape index (κ2) is 10.9. The number of nitrogens with zero attached hydrogens (tertiary/aromatic N) is 1. The predicted octanol–water partition coefficient (Wildman–Crippen LogP) is 5.99. The minimum absolute atomic E-state index is 0.142. The highest BCUT2D eigenvalue weighted by Crippen LogP contribution is 2.36. The summed E-state index contributed by atoms with van der Waals surface area (Å²) in [6.07, 6.45) is 1.29. The SMILES string of the molecule is COc1cc(/C=C2/C(=O)NC(=O)N(c3ccccc3F)C2=O)cc(I)c1OCc1ccc(Cl)cc1Cl. The Morgan fingerprint density at radius 2 is 1.83 bits per heavy atom. The number of ether oxygens (including phenoxy) is 2. The molecule has 0 saturated carbocycles. The van der Waals surface area contributed by atoms with E-state index in [9.17, 15) is 18.8 Å². The molecule has 0 radical (unpaired) electrons. The van der Waals surface area contributed by atoms with Crippen LogP contribution in [0.4, 0.5) is 14.9 Å². The number of hydrogen-bond donors (Lipinski definition) is 1.